The molecule has 1 amide bonds. The van der Waals surface area contributed by atoms with Crippen LogP contribution in [0.5, 0.6) is 0 Å². The normalized spacial score (nSPS) is 14.1. The molecule has 1 aliphatic heterocycles. The molecule has 5 rings (SSSR count). The minimum absolute atomic E-state index is 0.00922. The molecule has 0 unspecified atom stereocenters. The van der Waals surface area contributed by atoms with E-state index in [0.717, 1.165) is 27.8 Å². The number of thiophene rings is 1. The Morgan fingerprint density at radius 1 is 1.03 bits per heavy atom. The maximum Gasteiger partial charge on any atom is 0.255 e. The van der Waals surface area contributed by atoms with E-state index >= 15 is 0 Å². The topological polar surface area (TPSA) is 86.3 Å². The summed E-state index contributed by atoms with van der Waals surface area (Å²) in [5.41, 5.74) is 1.26. The molecule has 9 heteroatoms. The Balaban J connectivity index is 1.22. The molecule has 0 saturated carbocycles. The van der Waals surface area contributed by atoms with E-state index in [4.69, 9.17) is 4.52 Å². The third-order valence-corrected chi connectivity index (χ3v) is 7.59. The van der Waals surface area contributed by atoms with E-state index in [2.05, 4.69) is 21.1 Å². The molecule has 3 heterocycles. The van der Waals surface area contributed by atoms with Gasteiger partial charge in [0.25, 0.3) is 5.91 Å². The van der Waals surface area contributed by atoms with Gasteiger partial charge in [0.1, 0.15) is 6.07 Å². The van der Waals surface area contributed by atoms with Gasteiger partial charge in [0.2, 0.25) is 11.7 Å². The van der Waals surface area contributed by atoms with Crippen LogP contribution in [-0.2, 0) is 6.54 Å². The van der Waals surface area contributed by atoms with E-state index in [1.807, 2.05) is 64.9 Å². The van der Waals surface area contributed by atoms with Gasteiger partial charge in [-0.05, 0) is 35.7 Å². The van der Waals surface area contributed by atoms with Crippen LogP contribution in [0.15, 0.2) is 80.4 Å². The number of carbonyl (C=O) groups is 1. The van der Waals surface area contributed by atoms with Crippen LogP contribution >= 0.6 is 23.1 Å². The Labute approximate surface area is 205 Å². The molecule has 0 radical (unpaired) electrons. The second-order valence-electron chi connectivity index (χ2n) is 7.76. The van der Waals surface area contributed by atoms with Crippen molar-refractivity contribution in [1.82, 2.24) is 19.9 Å². The average Bonchev–Trinajstić information content (AvgIpc) is 3.57. The first-order chi connectivity index (χ1) is 16.7. The molecule has 0 atom stereocenters. The number of piperazine rings is 1. The van der Waals surface area contributed by atoms with Crippen molar-refractivity contribution in [2.75, 3.05) is 26.2 Å². The van der Waals surface area contributed by atoms with Crippen LogP contribution in [0.2, 0.25) is 0 Å². The summed E-state index contributed by atoms with van der Waals surface area (Å²) in [6, 6.07) is 21.2. The molecular weight excluding hydrogens is 466 g/mol. The number of hydrogen-bond donors (Lipinski definition) is 0. The second kappa shape index (κ2) is 10.2. The summed E-state index contributed by atoms with van der Waals surface area (Å²) in [5.74, 6) is 1.21. The summed E-state index contributed by atoms with van der Waals surface area (Å²) in [6.45, 7) is 3.28. The fraction of sp³-hybridized carbons (Fsp3) is 0.200. The van der Waals surface area contributed by atoms with Crippen molar-refractivity contribution in [3.05, 3.63) is 83.1 Å². The Morgan fingerprint density at radius 2 is 1.79 bits per heavy atom. The number of amides is 1. The van der Waals surface area contributed by atoms with Gasteiger partial charge in [-0.25, -0.2) is 0 Å². The summed E-state index contributed by atoms with van der Waals surface area (Å²) < 4.78 is 5.42. The third-order valence-electron chi connectivity index (χ3n) is 5.57. The van der Waals surface area contributed by atoms with Crippen molar-refractivity contribution < 1.29 is 9.32 Å². The molecule has 0 spiro atoms. The second-order valence-corrected chi connectivity index (χ2v) is 9.80. The van der Waals surface area contributed by atoms with E-state index in [0.29, 0.717) is 42.5 Å². The Morgan fingerprint density at radius 3 is 2.56 bits per heavy atom. The maximum atomic E-state index is 13.4. The highest BCUT2D eigenvalue weighted by molar-refractivity contribution is 7.99. The smallest absolute Gasteiger partial charge is 0.255 e. The summed E-state index contributed by atoms with van der Waals surface area (Å²) in [7, 11) is 0. The number of hydrogen-bond acceptors (Lipinski definition) is 8. The lowest BCUT2D eigenvalue weighted by Gasteiger charge is -2.34. The number of rotatable bonds is 6. The van der Waals surface area contributed by atoms with Crippen molar-refractivity contribution in [3.63, 3.8) is 0 Å². The zero-order valence-electron chi connectivity index (χ0n) is 18.3. The van der Waals surface area contributed by atoms with Gasteiger partial charge >= 0.3 is 0 Å². The fourth-order valence-electron chi connectivity index (χ4n) is 3.79. The van der Waals surface area contributed by atoms with Crippen molar-refractivity contribution in [3.8, 4) is 16.8 Å². The molecule has 2 aromatic heterocycles. The lowest BCUT2D eigenvalue weighted by molar-refractivity contribution is 0.0612. The van der Waals surface area contributed by atoms with Crippen LogP contribution in [0.25, 0.3) is 10.7 Å². The Hall–Kier alpha value is -3.45. The molecule has 0 N–H and O–H groups in total. The SMILES string of the molecule is N#Cc1ccccc1Sc1ccccc1C(=O)N1CCN(Cc2nc(-c3cccs3)no2)CC1. The molecule has 1 saturated heterocycles. The predicted octanol–water partition coefficient (Wildman–Crippen LogP) is 4.78. The summed E-state index contributed by atoms with van der Waals surface area (Å²) in [6.07, 6.45) is 0. The highest BCUT2D eigenvalue weighted by Crippen LogP contribution is 2.33. The van der Waals surface area contributed by atoms with Gasteiger partial charge in [-0.2, -0.15) is 10.2 Å². The van der Waals surface area contributed by atoms with E-state index in [9.17, 15) is 10.1 Å². The van der Waals surface area contributed by atoms with Gasteiger partial charge < -0.3 is 9.42 Å². The number of benzene rings is 2. The molecular formula is C25H21N5O2S2. The first-order valence-electron chi connectivity index (χ1n) is 10.9. The minimum Gasteiger partial charge on any atom is -0.338 e. The molecule has 0 aliphatic carbocycles. The molecule has 7 nitrogen and oxygen atoms in total. The van der Waals surface area contributed by atoms with E-state index in [1.165, 1.54) is 11.8 Å². The van der Waals surface area contributed by atoms with Gasteiger partial charge in [0.15, 0.2) is 0 Å². The summed E-state index contributed by atoms with van der Waals surface area (Å²) >= 11 is 3.03. The van der Waals surface area contributed by atoms with E-state index in [1.54, 1.807) is 17.4 Å². The maximum absolute atomic E-state index is 13.4. The third kappa shape index (κ3) is 4.89. The van der Waals surface area contributed by atoms with Crippen molar-refractivity contribution in [2.24, 2.45) is 0 Å². The molecule has 170 valence electrons. The number of aromatic nitrogens is 2. The van der Waals surface area contributed by atoms with Crippen molar-refractivity contribution in [2.45, 2.75) is 16.3 Å². The number of nitrogens with zero attached hydrogens (tertiary/aromatic N) is 5. The lowest BCUT2D eigenvalue weighted by Crippen LogP contribution is -2.48. The van der Waals surface area contributed by atoms with Crippen LogP contribution < -0.4 is 0 Å². The van der Waals surface area contributed by atoms with Crippen LogP contribution in [0, 0.1) is 11.3 Å². The quantitative estimate of drug-likeness (QED) is 0.387. The average molecular weight is 488 g/mol. The molecule has 34 heavy (non-hydrogen) atoms. The van der Waals surface area contributed by atoms with Crippen LogP contribution in [0.3, 0.4) is 0 Å². The van der Waals surface area contributed by atoms with Gasteiger partial charge in [-0.3, -0.25) is 9.69 Å². The zero-order valence-corrected chi connectivity index (χ0v) is 19.9. The number of carbonyl (C=O) groups excluding carboxylic acids is 1. The lowest BCUT2D eigenvalue weighted by atomic mass is 10.2. The van der Waals surface area contributed by atoms with Crippen LogP contribution in [0.4, 0.5) is 0 Å². The molecule has 1 fully saturated rings. The molecule has 2 aromatic carbocycles. The van der Waals surface area contributed by atoms with Gasteiger partial charge in [0.05, 0.1) is 22.5 Å². The van der Waals surface area contributed by atoms with Crippen molar-refractivity contribution >= 4 is 29.0 Å². The van der Waals surface area contributed by atoms with Crippen LogP contribution in [0.1, 0.15) is 21.8 Å². The predicted molar refractivity (Wildman–Crippen MR) is 131 cm³/mol. The minimum atomic E-state index is 0.00922. The van der Waals surface area contributed by atoms with Crippen molar-refractivity contribution in [1.29, 1.82) is 5.26 Å². The highest BCUT2D eigenvalue weighted by atomic mass is 32.2. The van der Waals surface area contributed by atoms with Gasteiger partial charge in [-0.15, -0.1) is 11.3 Å². The monoisotopic (exact) mass is 487 g/mol. The summed E-state index contributed by atoms with van der Waals surface area (Å²) in [4.78, 5) is 24.6. The zero-order chi connectivity index (χ0) is 23.3. The molecule has 1 aliphatic rings. The van der Waals surface area contributed by atoms with Gasteiger partial charge in [0, 0.05) is 36.0 Å². The fourth-order valence-corrected chi connectivity index (χ4v) is 5.46. The van der Waals surface area contributed by atoms with E-state index in [-0.39, 0.29) is 5.91 Å². The first kappa shape index (κ1) is 22.3. The van der Waals surface area contributed by atoms with E-state index < -0.39 is 0 Å². The van der Waals surface area contributed by atoms with Crippen LogP contribution in [-0.4, -0.2) is 52.0 Å². The molecule has 0 bridgehead atoms. The Kier molecular flexibility index (Phi) is 6.72. The number of nitriles is 1. The summed E-state index contributed by atoms with van der Waals surface area (Å²) in [5, 5.41) is 15.5. The largest absolute Gasteiger partial charge is 0.338 e. The standard InChI is InChI=1S/C25H21N5O2S2/c26-16-18-6-1-3-8-20(18)34-21-9-4-2-7-19(21)25(31)30-13-11-29(12-14-30)17-23-27-24(28-32-23)22-10-5-15-33-22/h1-10,15H,11-14,17H2. The molecule has 4 aromatic rings. The Bertz CT molecular complexity index is 1320. The first-order valence-corrected chi connectivity index (χ1v) is 12.5. The van der Waals surface area contributed by atoms with Gasteiger partial charge in [-0.1, -0.05) is 47.3 Å². The highest BCUT2D eigenvalue weighted by Gasteiger charge is 2.25.